The fourth-order valence-corrected chi connectivity index (χ4v) is 3.31. The third-order valence-electron chi connectivity index (χ3n) is 4.70. The molecular formula is C21H25IN8. The Morgan fingerprint density at radius 2 is 1.77 bits per heavy atom. The van der Waals surface area contributed by atoms with E-state index in [0.29, 0.717) is 19.0 Å². The van der Waals surface area contributed by atoms with Gasteiger partial charge in [-0.1, -0.05) is 24.3 Å². The molecule has 2 N–H and O–H groups in total. The van der Waals surface area contributed by atoms with Gasteiger partial charge in [0.1, 0.15) is 0 Å². The molecule has 0 saturated heterocycles. The molecule has 0 spiro atoms. The lowest BCUT2D eigenvalue weighted by atomic mass is 10.1. The highest BCUT2D eigenvalue weighted by atomic mass is 127. The number of aromatic nitrogens is 5. The minimum Gasteiger partial charge on any atom is -0.352 e. The summed E-state index contributed by atoms with van der Waals surface area (Å²) in [7, 11) is 1.75. The molecule has 4 aromatic rings. The molecule has 4 rings (SSSR count). The number of hydrogen-bond acceptors (Lipinski definition) is 4. The van der Waals surface area contributed by atoms with Crippen molar-refractivity contribution in [2.24, 2.45) is 4.99 Å². The summed E-state index contributed by atoms with van der Waals surface area (Å²) in [5.41, 5.74) is 5.13. The fourth-order valence-electron chi connectivity index (χ4n) is 3.31. The van der Waals surface area contributed by atoms with E-state index < -0.39 is 0 Å². The molecule has 9 heteroatoms. The number of para-hydroxylation sites is 1. The molecule has 0 amide bonds. The zero-order valence-electron chi connectivity index (χ0n) is 17.2. The molecular weight excluding hydrogens is 491 g/mol. The van der Waals surface area contributed by atoms with Crippen LogP contribution in [0, 0.1) is 13.8 Å². The number of aryl methyl sites for hydroxylation is 2. The highest BCUT2D eigenvalue weighted by molar-refractivity contribution is 14.0. The predicted molar refractivity (Wildman–Crippen MR) is 128 cm³/mol. The second-order valence-corrected chi connectivity index (χ2v) is 6.79. The average Bonchev–Trinajstić information content (AvgIpc) is 3.30. The van der Waals surface area contributed by atoms with E-state index in [1.807, 2.05) is 52.5 Å². The molecule has 156 valence electrons. The van der Waals surface area contributed by atoms with Gasteiger partial charge < -0.3 is 10.6 Å². The van der Waals surface area contributed by atoms with E-state index in [-0.39, 0.29) is 24.0 Å². The summed E-state index contributed by atoms with van der Waals surface area (Å²) in [4.78, 5) is 4.32. The van der Waals surface area contributed by atoms with Crippen LogP contribution >= 0.6 is 24.0 Å². The van der Waals surface area contributed by atoms with Crippen molar-refractivity contribution in [3.63, 3.8) is 0 Å². The van der Waals surface area contributed by atoms with Gasteiger partial charge in [-0.2, -0.15) is 5.10 Å². The third kappa shape index (κ3) is 4.61. The Bertz CT molecular complexity index is 1160. The average molecular weight is 516 g/mol. The monoisotopic (exact) mass is 516 g/mol. The first kappa shape index (κ1) is 21.8. The van der Waals surface area contributed by atoms with Crippen LogP contribution in [0.15, 0.2) is 59.7 Å². The van der Waals surface area contributed by atoms with Gasteiger partial charge in [0.2, 0.25) is 0 Å². The van der Waals surface area contributed by atoms with E-state index in [0.717, 1.165) is 34.1 Å². The molecule has 0 fully saturated rings. The number of aliphatic imine (C=N–C) groups is 1. The maximum atomic E-state index is 4.61. The van der Waals surface area contributed by atoms with Crippen LogP contribution in [0.3, 0.4) is 0 Å². The summed E-state index contributed by atoms with van der Waals surface area (Å²) in [6.07, 6.45) is 1.95. The second kappa shape index (κ2) is 9.70. The van der Waals surface area contributed by atoms with Crippen LogP contribution in [0.4, 0.5) is 0 Å². The molecule has 8 nitrogen and oxygen atoms in total. The molecule has 0 bridgehead atoms. The Labute approximate surface area is 192 Å². The van der Waals surface area contributed by atoms with Crippen molar-refractivity contribution < 1.29 is 0 Å². The van der Waals surface area contributed by atoms with E-state index in [4.69, 9.17) is 0 Å². The summed E-state index contributed by atoms with van der Waals surface area (Å²) in [6.45, 7) is 5.20. The third-order valence-corrected chi connectivity index (χ3v) is 4.70. The number of pyridine rings is 1. The van der Waals surface area contributed by atoms with E-state index >= 15 is 0 Å². The van der Waals surface area contributed by atoms with Crippen molar-refractivity contribution in [2.75, 3.05) is 7.05 Å². The lowest BCUT2D eigenvalue weighted by Gasteiger charge is -2.14. The number of nitrogens with zero attached hydrogens (tertiary/aromatic N) is 6. The van der Waals surface area contributed by atoms with E-state index in [1.54, 1.807) is 7.05 Å². The number of fused-ring (bicyclic) bond motifs is 1. The minimum absolute atomic E-state index is 0. The summed E-state index contributed by atoms with van der Waals surface area (Å²) < 4.78 is 3.93. The standard InChI is InChI=1S/C21H24N8.HI/c1-15-12-16(2)29(27-15)18-9-5-4-8-17(18)13-23-21(22-3)24-14-20-26-25-19-10-6-7-11-28(19)20;/h4-12H,13-14H2,1-3H3,(H2,22,23,24);1H. The smallest absolute Gasteiger partial charge is 0.191 e. The van der Waals surface area contributed by atoms with Gasteiger partial charge in [0.15, 0.2) is 17.4 Å². The Morgan fingerprint density at radius 1 is 1.00 bits per heavy atom. The molecule has 1 aromatic carbocycles. The van der Waals surface area contributed by atoms with Crippen molar-refractivity contribution >= 4 is 35.6 Å². The van der Waals surface area contributed by atoms with Gasteiger partial charge >= 0.3 is 0 Å². The Balaban J connectivity index is 0.00000256. The van der Waals surface area contributed by atoms with Crippen LogP contribution < -0.4 is 10.6 Å². The first-order valence-electron chi connectivity index (χ1n) is 9.50. The van der Waals surface area contributed by atoms with Gasteiger partial charge in [0.25, 0.3) is 0 Å². The van der Waals surface area contributed by atoms with E-state index in [2.05, 4.69) is 56.0 Å². The van der Waals surface area contributed by atoms with E-state index in [1.165, 1.54) is 0 Å². The lowest BCUT2D eigenvalue weighted by molar-refractivity contribution is 0.754. The number of hydrogen-bond donors (Lipinski definition) is 2. The van der Waals surface area contributed by atoms with Crippen LogP contribution in [0.5, 0.6) is 0 Å². The maximum absolute atomic E-state index is 4.61. The first-order chi connectivity index (χ1) is 14.2. The second-order valence-electron chi connectivity index (χ2n) is 6.79. The SMILES string of the molecule is CN=C(NCc1ccccc1-n1nc(C)cc1C)NCc1nnc2ccccn12.I. The van der Waals surface area contributed by atoms with Gasteiger partial charge in [-0.05, 0) is 43.7 Å². The molecule has 30 heavy (non-hydrogen) atoms. The van der Waals surface area contributed by atoms with Crippen molar-refractivity contribution in [2.45, 2.75) is 26.9 Å². The molecule has 0 saturated carbocycles. The summed E-state index contributed by atoms with van der Waals surface area (Å²) in [5.74, 6) is 1.52. The maximum Gasteiger partial charge on any atom is 0.191 e. The van der Waals surface area contributed by atoms with Crippen LogP contribution in [-0.4, -0.2) is 37.4 Å². The summed E-state index contributed by atoms with van der Waals surface area (Å²) >= 11 is 0. The summed E-state index contributed by atoms with van der Waals surface area (Å²) in [6, 6.07) is 16.1. The van der Waals surface area contributed by atoms with Gasteiger partial charge in [-0.25, -0.2) is 4.68 Å². The highest BCUT2D eigenvalue weighted by Gasteiger charge is 2.10. The van der Waals surface area contributed by atoms with E-state index in [9.17, 15) is 0 Å². The lowest BCUT2D eigenvalue weighted by Crippen LogP contribution is -2.37. The Kier molecular flexibility index (Phi) is 7.03. The molecule has 0 aliphatic rings. The van der Waals surface area contributed by atoms with Crippen LogP contribution in [-0.2, 0) is 13.1 Å². The van der Waals surface area contributed by atoms with Gasteiger partial charge in [0.05, 0.1) is 17.9 Å². The summed E-state index contributed by atoms with van der Waals surface area (Å²) in [5, 5.41) is 19.7. The number of rotatable bonds is 5. The van der Waals surface area contributed by atoms with Crippen LogP contribution in [0.2, 0.25) is 0 Å². The van der Waals surface area contributed by atoms with Crippen molar-refractivity contribution in [3.8, 4) is 5.69 Å². The molecule has 0 unspecified atom stereocenters. The highest BCUT2D eigenvalue weighted by Crippen LogP contribution is 2.16. The number of nitrogens with one attached hydrogen (secondary N) is 2. The molecule has 0 radical (unpaired) electrons. The van der Waals surface area contributed by atoms with Crippen molar-refractivity contribution in [1.29, 1.82) is 0 Å². The Morgan fingerprint density at radius 3 is 2.53 bits per heavy atom. The molecule has 0 atom stereocenters. The first-order valence-corrected chi connectivity index (χ1v) is 9.50. The van der Waals surface area contributed by atoms with Crippen LogP contribution in [0.25, 0.3) is 11.3 Å². The van der Waals surface area contributed by atoms with Crippen molar-refractivity contribution in [3.05, 3.63) is 77.5 Å². The van der Waals surface area contributed by atoms with Gasteiger partial charge in [-0.3, -0.25) is 9.39 Å². The van der Waals surface area contributed by atoms with Gasteiger partial charge in [-0.15, -0.1) is 34.2 Å². The van der Waals surface area contributed by atoms with Gasteiger partial charge in [0, 0.05) is 25.5 Å². The number of halogens is 1. The Hall–Kier alpha value is -2.95. The van der Waals surface area contributed by atoms with Crippen LogP contribution in [0.1, 0.15) is 22.8 Å². The zero-order chi connectivity index (χ0) is 20.2. The quantitative estimate of drug-likeness (QED) is 0.242. The van der Waals surface area contributed by atoms with Crippen molar-refractivity contribution in [1.82, 2.24) is 35.0 Å². The molecule has 0 aliphatic heterocycles. The molecule has 3 aromatic heterocycles. The number of guanidine groups is 1. The molecule has 0 aliphatic carbocycles. The largest absolute Gasteiger partial charge is 0.352 e. The molecule has 3 heterocycles. The number of benzene rings is 1. The zero-order valence-corrected chi connectivity index (χ0v) is 19.5. The minimum atomic E-state index is 0. The normalized spacial score (nSPS) is 11.4. The predicted octanol–water partition coefficient (Wildman–Crippen LogP) is 3.02. The fraction of sp³-hybridized carbons (Fsp3) is 0.238. The topological polar surface area (TPSA) is 84.4 Å².